The van der Waals surface area contributed by atoms with Gasteiger partial charge in [0, 0.05) is 18.4 Å². The highest BCUT2D eigenvalue weighted by Gasteiger charge is 2.00. The minimum absolute atomic E-state index is 0.470. The molecular weight excluding hydrogens is 260 g/mol. The summed E-state index contributed by atoms with van der Waals surface area (Å²) in [5, 5.41) is 5.68. The Balaban J connectivity index is 1.72. The molecule has 1 N–H and O–H groups in total. The first-order valence-corrected chi connectivity index (χ1v) is 7.15. The van der Waals surface area contributed by atoms with Gasteiger partial charge in [-0.2, -0.15) is 0 Å². The molecule has 0 atom stereocenters. The van der Waals surface area contributed by atoms with E-state index in [0.29, 0.717) is 6.61 Å². The summed E-state index contributed by atoms with van der Waals surface area (Å²) in [5.74, 6) is 0.865. The van der Waals surface area contributed by atoms with Crippen LogP contribution in [0.25, 0.3) is 10.8 Å². The van der Waals surface area contributed by atoms with Gasteiger partial charge in [0.25, 0.3) is 0 Å². The minimum atomic E-state index is 0.470. The van der Waals surface area contributed by atoms with Crippen molar-refractivity contribution >= 4 is 16.5 Å². The standard InChI is InChI=1S/C18H18N2O/c1-2-19-16-9-10-20-17(12-16)13-21-18-8-7-14-5-3-4-6-15(14)11-18/h3-12H,2,13H2,1H3,(H,19,20). The maximum absolute atomic E-state index is 5.84. The van der Waals surface area contributed by atoms with Crippen LogP contribution in [0.3, 0.4) is 0 Å². The number of rotatable bonds is 5. The van der Waals surface area contributed by atoms with Gasteiger partial charge in [-0.25, -0.2) is 0 Å². The molecule has 0 fully saturated rings. The molecule has 3 nitrogen and oxygen atoms in total. The molecule has 1 heterocycles. The van der Waals surface area contributed by atoms with Crippen LogP contribution >= 0.6 is 0 Å². The lowest BCUT2D eigenvalue weighted by atomic mass is 10.1. The average molecular weight is 278 g/mol. The first-order valence-electron chi connectivity index (χ1n) is 7.15. The van der Waals surface area contributed by atoms with Gasteiger partial charge in [-0.15, -0.1) is 0 Å². The topological polar surface area (TPSA) is 34.2 Å². The Morgan fingerprint density at radius 1 is 1.00 bits per heavy atom. The van der Waals surface area contributed by atoms with Crippen molar-refractivity contribution in [3.8, 4) is 5.75 Å². The molecule has 3 rings (SSSR count). The fourth-order valence-electron chi connectivity index (χ4n) is 2.29. The summed E-state index contributed by atoms with van der Waals surface area (Å²) in [6.45, 7) is 3.44. The number of ether oxygens (including phenoxy) is 1. The number of nitrogens with one attached hydrogen (secondary N) is 1. The largest absolute Gasteiger partial charge is 0.487 e. The van der Waals surface area contributed by atoms with E-state index in [2.05, 4.69) is 41.5 Å². The number of anilines is 1. The van der Waals surface area contributed by atoms with Crippen LogP contribution in [0.2, 0.25) is 0 Å². The number of hydrogen-bond acceptors (Lipinski definition) is 3. The molecule has 0 radical (unpaired) electrons. The van der Waals surface area contributed by atoms with E-state index in [1.807, 2.05) is 30.3 Å². The van der Waals surface area contributed by atoms with Crippen molar-refractivity contribution in [3.05, 3.63) is 66.5 Å². The van der Waals surface area contributed by atoms with E-state index in [0.717, 1.165) is 23.7 Å². The highest BCUT2D eigenvalue weighted by atomic mass is 16.5. The molecule has 1 aromatic heterocycles. The van der Waals surface area contributed by atoms with Gasteiger partial charge < -0.3 is 10.1 Å². The fourth-order valence-corrected chi connectivity index (χ4v) is 2.29. The average Bonchev–Trinajstić information content (AvgIpc) is 2.53. The quantitative estimate of drug-likeness (QED) is 0.757. The maximum Gasteiger partial charge on any atom is 0.130 e. The minimum Gasteiger partial charge on any atom is -0.487 e. The first-order chi connectivity index (χ1) is 10.3. The summed E-state index contributed by atoms with van der Waals surface area (Å²) in [4.78, 5) is 4.33. The van der Waals surface area contributed by atoms with Crippen LogP contribution < -0.4 is 10.1 Å². The smallest absolute Gasteiger partial charge is 0.130 e. The van der Waals surface area contributed by atoms with Gasteiger partial charge >= 0.3 is 0 Å². The molecule has 3 aromatic rings. The van der Waals surface area contributed by atoms with Crippen molar-refractivity contribution in [1.82, 2.24) is 4.98 Å². The Hall–Kier alpha value is -2.55. The Kier molecular flexibility index (Phi) is 4.01. The summed E-state index contributed by atoms with van der Waals surface area (Å²) in [5.41, 5.74) is 1.99. The number of nitrogens with zero attached hydrogens (tertiary/aromatic N) is 1. The highest BCUT2D eigenvalue weighted by Crippen LogP contribution is 2.21. The first kappa shape index (κ1) is 13.4. The predicted octanol–water partition coefficient (Wildman–Crippen LogP) is 4.25. The zero-order valence-corrected chi connectivity index (χ0v) is 12.0. The van der Waals surface area contributed by atoms with E-state index in [1.54, 1.807) is 6.20 Å². The molecule has 0 aliphatic rings. The summed E-state index contributed by atoms with van der Waals surface area (Å²) >= 11 is 0. The molecule has 21 heavy (non-hydrogen) atoms. The van der Waals surface area contributed by atoms with Crippen LogP contribution in [0.5, 0.6) is 5.75 Å². The normalized spacial score (nSPS) is 10.5. The molecule has 0 unspecified atom stereocenters. The lowest BCUT2D eigenvalue weighted by Gasteiger charge is -2.08. The molecule has 0 aliphatic heterocycles. The zero-order chi connectivity index (χ0) is 14.5. The molecule has 0 bridgehead atoms. The van der Waals surface area contributed by atoms with Gasteiger partial charge in [-0.1, -0.05) is 30.3 Å². The highest BCUT2D eigenvalue weighted by molar-refractivity contribution is 5.83. The second kappa shape index (κ2) is 6.27. The summed E-state index contributed by atoms with van der Waals surface area (Å²) in [6.07, 6.45) is 1.80. The van der Waals surface area contributed by atoms with Crippen molar-refractivity contribution < 1.29 is 4.74 Å². The second-order valence-electron chi connectivity index (χ2n) is 4.86. The third kappa shape index (κ3) is 3.31. The van der Waals surface area contributed by atoms with E-state index >= 15 is 0 Å². The van der Waals surface area contributed by atoms with Crippen LogP contribution in [-0.4, -0.2) is 11.5 Å². The third-order valence-electron chi connectivity index (χ3n) is 3.31. The second-order valence-corrected chi connectivity index (χ2v) is 4.86. The number of benzene rings is 2. The van der Waals surface area contributed by atoms with Gasteiger partial charge in [0.2, 0.25) is 0 Å². The van der Waals surface area contributed by atoms with E-state index in [9.17, 15) is 0 Å². The van der Waals surface area contributed by atoms with Gasteiger partial charge in [-0.3, -0.25) is 4.98 Å². The van der Waals surface area contributed by atoms with Crippen LogP contribution in [-0.2, 0) is 6.61 Å². The van der Waals surface area contributed by atoms with Crippen LogP contribution in [0.15, 0.2) is 60.8 Å². The lowest BCUT2D eigenvalue weighted by Crippen LogP contribution is -2.01. The van der Waals surface area contributed by atoms with Gasteiger partial charge in [0.1, 0.15) is 12.4 Å². The Morgan fingerprint density at radius 3 is 2.71 bits per heavy atom. The number of pyridine rings is 1. The Morgan fingerprint density at radius 2 is 1.86 bits per heavy atom. The number of fused-ring (bicyclic) bond motifs is 1. The summed E-state index contributed by atoms with van der Waals surface area (Å²) < 4.78 is 5.84. The van der Waals surface area contributed by atoms with E-state index in [-0.39, 0.29) is 0 Å². The molecule has 2 aromatic carbocycles. The Bertz CT molecular complexity index is 740. The fraction of sp³-hybridized carbons (Fsp3) is 0.167. The monoisotopic (exact) mass is 278 g/mol. The maximum atomic E-state index is 5.84. The zero-order valence-electron chi connectivity index (χ0n) is 12.0. The number of hydrogen-bond donors (Lipinski definition) is 1. The van der Waals surface area contributed by atoms with Gasteiger partial charge in [-0.05, 0) is 42.0 Å². The molecule has 0 amide bonds. The van der Waals surface area contributed by atoms with Gasteiger partial charge in [0.15, 0.2) is 0 Å². The van der Waals surface area contributed by atoms with Crippen molar-refractivity contribution in [3.63, 3.8) is 0 Å². The lowest BCUT2D eigenvalue weighted by molar-refractivity contribution is 0.302. The van der Waals surface area contributed by atoms with E-state index in [4.69, 9.17) is 4.74 Å². The van der Waals surface area contributed by atoms with Crippen molar-refractivity contribution in [2.45, 2.75) is 13.5 Å². The Labute approximate surface area is 124 Å². The van der Waals surface area contributed by atoms with Crippen LogP contribution in [0.4, 0.5) is 5.69 Å². The molecule has 0 saturated heterocycles. The summed E-state index contributed by atoms with van der Waals surface area (Å²) in [7, 11) is 0. The van der Waals surface area contributed by atoms with E-state index < -0.39 is 0 Å². The summed E-state index contributed by atoms with van der Waals surface area (Å²) in [6, 6.07) is 18.4. The number of aromatic nitrogens is 1. The van der Waals surface area contributed by atoms with E-state index in [1.165, 1.54) is 10.8 Å². The SMILES string of the molecule is CCNc1ccnc(COc2ccc3ccccc3c2)c1. The van der Waals surface area contributed by atoms with Crippen molar-refractivity contribution in [2.24, 2.45) is 0 Å². The van der Waals surface area contributed by atoms with Crippen LogP contribution in [0.1, 0.15) is 12.6 Å². The molecular formula is C18H18N2O. The molecule has 0 spiro atoms. The van der Waals surface area contributed by atoms with Crippen molar-refractivity contribution in [2.75, 3.05) is 11.9 Å². The third-order valence-corrected chi connectivity index (χ3v) is 3.31. The van der Waals surface area contributed by atoms with Gasteiger partial charge in [0.05, 0.1) is 5.69 Å². The molecule has 106 valence electrons. The van der Waals surface area contributed by atoms with Crippen molar-refractivity contribution in [1.29, 1.82) is 0 Å². The molecule has 0 aliphatic carbocycles. The molecule has 3 heteroatoms. The molecule has 0 saturated carbocycles. The van der Waals surface area contributed by atoms with Crippen LogP contribution in [0, 0.1) is 0 Å². The predicted molar refractivity (Wildman–Crippen MR) is 86.7 cm³/mol.